The van der Waals surface area contributed by atoms with Crippen LogP contribution in [0.1, 0.15) is 15.4 Å². The number of ether oxygens (including phenoxy) is 1. The van der Waals surface area contributed by atoms with E-state index < -0.39 is 10.0 Å². The van der Waals surface area contributed by atoms with Gasteiger partial charge in [0.2, 0.25) is 5.13 Å². The molecule has 0 saturated heterocycles. The summed E-state index contributed by atoms with van der Waals surface area (Å²) in [4.78, 5) is 12.3. The number of methoxy groups -OCH3 is 1. The molecule has 146 valence electrons. The summed E-state index contributed by atoms with van der Waals surface area (Å²) in [5, 5.41) is 11.4. The fraction of sp³-hybridized carbons (Fsp3) is 0.167. The van der Waals surface area contributed by atoms with Crippen molar-refractivity contribution in [2.75, 3.05) is 18.4 Å². The molecule has 3 aromatic rings. The van der Waals surface area contributed by atoms with Crippen LogP contribution in [0.3, 0.4) is 0 Å². The van der Waals surface area contributed by atoms with Gasteiger partial charge in [0.15, 0.2) is 0 Å². The second-order valence-electron chi connectivity index (χ2n) is 5.66. The van der Waals surface area contributed by atoms with E-state index in [1.807, 2.05) is 0 Å². The summed E-state index contributed by atoms with van der Waals surface area (Å²) in [5.74, 6) is 0.375. The van der Waals surface area contributed by atoms with Crippen molar-refractivity contribution in [3.63, 3.8) is 0 Å². The molecule has 2 N–H and O–H groups in total. The number of benzene rings is 2. The molecular formula is C18H18N4O4S2. The highest BCUT2D eigenvalue weighted by atomic mass is 32.2. The van der Waals surface area contributed by atoms with Gasteiger partial charge in [0.1, 0.15) is 10.8 Å². The molecule has 0 fully saturated rings. The van der Waals surface area contributed by atoms with Crippen molar-refractivity contribution in [2.45, 2.75) is 11.3 Å². The number of carbonyl (C=O) groups is 1. The Kier molecular flexibility index (Phi) is 6.22. The van der Waals surface area contributed by atoms with Crippen LogP contribution in [-0.4, -0.2) is 38.2 Å². The van der Waals surface area contributed by atoms with E-state index >= 15 is 0 Å². The summed E-state index contributed by atoms with van der Waals surface area (Å²) >= 11 is 1.12. The summed E-state index contributed by atoms with van der Waals surface area (Å²) in [5.41, 5.74) is 0.493. The highest BCUT2D eigenvalue weighted by molar-refractivity contribution is 7.93. The van der Waals surface area contributed by atoms with Crippen molar-refractivity contribution >= 4 is 32.4 Å². The number of anilines is 1. The second kappa shape index (κ2) is 8.81. The lowest BCUT2D eigenvalue weighted by Crippen LogP contribution is -2.25. The van der Waals surface area contributed by atoms with Crippen LogP contribution in [0, 0.1) is 0 Å². The number of aromatic nitrogens is 2. The van der Waals surface area contributed by atoms with E-state index in [1.54, 1.807) is 42.5 Å². The number of carbonyl (C=O) groups excluding carboxylic acids is 1. The average molecular weight is 419 g/mol. The van der Waals surface area contributed by atoms with Crippen LogP contribution in [0.4, 0.5) is 5.13 Å². The molecule has 0 bridgehead atoms. The minimum Gasteiger partial charge on any atom is -0.497 e. The number of hydrogen-bond acceptors (Lipinski definition) is 7. The Labute approximate surface area is 166 Å². The molecule has 2 aromatic carbocycles. The third-order valence-electron chi connectivity index (χ3n) is 3.70. The molecule has 0 radical (unpaired) electrons. The van der Waals surface area contributed by atoms with Crippen LogP contribution in [0.15, 0.2) is 59.5 Å². The number of rotatable bonds is 8. The first-order valence-electron chi connectivity index (χ1n) is 8.30. The predicted molar refractivity (Wildman–Crippen MR) is 106 cm³/mol. The van der Waals surface area contributed by atoms with E-state index in [-0.39, 0.29) is 15.9 Å². The van der Waals surface area contributed by atoms with Crippen LogP contribution in [0.25, 0.3) is 0 Å². The van der Waals surface area contributed by atoms with E-state index in [4.69, 9.17) is 4.74 Å². The third kappa shape index (κ3) is 5.05. The first-order chi connectivity index (χ1) is 13.5. The molecule has 10 heteroatoms. The zero-order valence-electron chi connectivity index (χ0n) is 15.0. The quantitative estimate of drug-likeness (QED) is 0.581. The van der Waals surface area contributed by atoms with Gasteiger partial charge >= 0.3 is 0 Å². The average Bonchev–Trinajstić information content (AvgIpc) is 3.15. The maximum atomic E-state index is 12.3. The highest BCUT2D eigenvalue weighted by Crippen LogP contribution is 2.20. The molecule has 1 amide bonds. The summed E-state index contributed by atoms with van der Waals surface area (Å²) in [6, 6.07) is 14.9. The van der Waals surface area contributed by atoms with Crippen molar-refractivity contribution in [3.05, 3.63) is 65.2 Å². The van der Waals surface area contributed by atoms with Crippen molar-refractivity contribution in [2.24, 2.45) is 0 Å². The van der Waals surface area contributed by atoms with Crippen molar-refractivity contribution < 1.29 is 17.9 Å². The molecule has 1 heterocycles. The van der Waals surface area contributed by atoms with Crippen LogP contribution in [0.2, 0.25) is 0 Å². The smallest absolute Gasteiger partial charge is 0.263 e. The van der Waals surface area contributed by atoms with E-state index in [0.717, 1.165) is 11.3 Å². The SMILES string of the molecule is COc1cccc(C(=O)NCCc2nnc(NS(=O)(=O)c3ccccc3)s2)c1. The normalized spacial score (nSPS) is 11.0. The Hall–Kier alpha value is -2.98. The van der Waals surface area contributed by atoms with E-state index in [1.165, 1.54) is 19.2 Å². The molecule has 0 aliphatic heterocycles. The Morgan fingerprint density at radius 1 is 1.11 bits per heavy atom. The molecule has 0 aliphatic carbocycles. The van der Waals surface area contributed by atoms with Gasteiger partial charge in [-0.3, -0.25) is 9.52 Å². The molecule has 0 unspecified atom stereocenters. The minimum atomic E-state index is -3.70. The summed E-state index contributed by atoms with van der Waals surface area (Å²) in [6.07, 6.45) is 0.431. The number of amides is 1. The summed E-state index contributed by atoms with van der Waals surface area (Å²) in [7, 11) is -2.16. The van der Waals surface area contributed by atoms with Crippen LogP contribution < -0.4 is 14.8 Å². The van der Waals surface area contributed by atoms with Gasteiger partial charge in [-0.15, -0.1) is 10.2 Å². The van der Waals surface area contributed by atoms with Crippen LogP contribution in [0.5, 0.6) is 5.75 Å². The van der Waals surface area contributed by atoms with Gasteiger partial charge in [-0.05, 0) is 30.3 Å². The summed E-state index contributed by atoms with van der Waals surface area (Å²) < 4.78 is 32.1. The lowest BCUT2D eigenvalue weighted by atomic mass is 10.2. The topological polar surface area (TPSA) is 110 Å². The second-order valence-corrected chi connectivity index (χ2v) is 8.40. The number of sulfonamides is 1. The molecule has 28 heavy (non-hydrogen) atoms. The van der Waals surface area contributed by atoms with E-state index in [2.05, 4.69) is 20.2 Å². The Morgan fingerprint density at radius 3 is 2.64 bits per heavy atom. The largest absolute Gasteiger partial charge is 0.497 e. The van der Waals surface area contributed by atoms with Crippen LogP contribution in [-0.2, 0) is 16.4 Å². The van der Waals surface area contributed by atoms with Gasteiger partial charge in [-0.25, -0.2) is 8.42 Å². The highest BCUT2D eigenvalue weighted by Gasteiger charge is 2.16. The molecule has 0 saturated carbocycles. The molecule has 0 spiro atoms. The Morgan fingerprint density at radius 2 is 1.89 bits per heavy atom. The van der Waals surface area contributed by atoms with Gasteiger partial charge in [-0.1, -0.05) is 35.6 Å². The van der Waals surface area contributed by atoms with Gasteiger partial charge in [0, 0.05) is 18.5 Å². The molecule has 3 rings (SSSR count). The number of nitrogens with one attached hydrogen (secondary N) is 2. The standard InChI is InChI=1S/C18H18N4O4S2/c1-26-14-7-5-6-13(12-14)17(23)19-11-10-16-20-21-18(27-16)22-28(24,25)15-8-3-2-4-9-15/h2-9,12H,10-11H2,1H3,(H,19,23)(H,21,22). The fourth-order valence-electron chi connectivity index (χ4n) is 2.32. The van der Waals surface area contributed by atoms with Crippen molar-refractivity contribution in [1.82, 2.24) is 15.5 Å². The van der Waals surface area contributed by atoms with Gasteiger partial charge in [-0.2, -0.15) is 0 Å². The minimum absolute atomic E-state index is 0.150. The first kappa shape index (κ1) is 19.8. The molecule has 1 aromatic heterocycles. The number of hydrogen-bond donors (Lipinski definition) is 2. The van der Waals surface area contributed by atoms with Gasteiger partial charge < -0.3 is 10.1 Å². The van der Waals surface area contributed by atoms with Crippen molar-refractivity contribution in [3.8, 4) is 5.75 Å². The van der Waals surface area contributed by atoms with E-state index in [0.29, 0.717) is 29.3 Å². The lowest BCUT2D eigenvalue weighted by Gasteiger charge is -2.05. The zero-order chi connectivity index (χ0) is 20.0. The molecule has 0 aliphatic rings. The van der Waals surface area contributed by atoms with Crippen LogP contribution >= 0.6 is 11.3 Å². The fourth-order valence-corrected chi connectivity index (χ4v) is 4.31. The van der Waals surface area contributed by atoms with Gasteiger partial charge in [0.25, 0.3) is 15.9 Å². The zero-order valence-corrected chi connectivity index (χ0v) is 16.6. The van der Waals surface area contributed by atoms with Gasteiger partial charge in [0.05, 0.1) is 12.0 Å². The third-order valence-corrected chi connectivity index (χ3v) is 6.08. The Balaban J connectivity index is 1.54. The molecule has 8 nitrogen and oxygen atoms in total. The maximum absolute atomic E-state index is 12.3. The molecule has 0 atom stereocenters. The number of nitrogens with zero attached hydrogens (tertiary/aromatic N) is 2. The maximum Gasteiger partial charge on any atom is 0.263 e. The first-order valence-corrected chi connectivity index (χ1v) is 10.6. The Bertz CT molecular complexity index is 1050. The predicted octanol–water partition coefficient (Wildman–Crippen LogP) is 2.32. The lowest BCUT2D eigenvalue weighted by molar-refractivity contribution is 0.0953. The van der Waals surface area contributed by atoms with E-state index in [9.17, 15) is 13.2 Å². The molecular weight excluding hydrogens is 400 g/mol. The summed E-state index contributed by atoms with van der Waals surface area (Å²) in [6.45, 7) is 0.343. The monoisotopic (exact) mass is 418 g/mol. The van der Waals surface area contributed by atoms with Crippen molar-refractivity contribution in [1.29, 1.82) is 0 Å².